The summed E-state index contributed by atoms with van der Waals surface area (Å²) in [5.74, 6) is 0.898. The van der Waals surface area contributed by atoms with Gasteiger partial charge in [0.05, 0.1) is 12.2 Å². The summed E-state index contributed by atoms with van der Waals surface area (Å²) in [6.07, 6.45) is 1.63. The molecule has 2 aromatic rings. The molecule has 0 bridgehead atoms. The summed E-state index contributed by atoms with van der Waals surface area (Å²) in [5, 5.41) is 8.51. The van der Waals surface area contributed by atoms with E-state index in [0.29, 0.717) is 23.7 Å². The van der Waals surface area contributed by atoms with Crippen molar-refractivity contribution in [3.05, 3.63) is 65.4 Å². The van der Waals surface area contributed by atoms with Crippen LogP contribution in [0.4, 0.5) is 0 Å². The fourth-order valence-corrected chi connectivity index (χ4v) is 2.38. The van der Waals surface area contributed by atoms with Crippen LogP contribution in [0.5, 0.6) is 11.5 Å². The number of rotatable bonds is 6. The highest BCUT2D eigenvalue weighted by molar-refractivity contribution is 6.13. The summed E-state index contributed by atoms with van der Waals surface area (Å²) in [6, 6.07) is 16.2. The average Bonchev–Trinajstić information content (AvgIpc) is 3.02. The van der Waals surface area contributed by atoms with Crippen LogP contribution < -0.4 is 9.47 Å². The van der Waals surface area contributed by atoms with E-state index >= 15 is 0 Å². The molecule has 0 radical (unpaired) electrons. The first kappa shape index (κ1) is 17.2. The minimum Gasteiger partial charge on any atom is -0.493 e. The van der Waals surface area contributed by atoms with E-state index in [2.05, 4.69) is 4.99 Å². The first-order chi connectivity index (χ1) is 12.7. The van der Waals surface area contributed by atoms with Crippen LogP contribution in [0.2, 0.25) is 0 Å². The van der Waals surface area contributed by atoms with E-state index in [1.807, 2.05) is 25.1 Å². The van der Waals surface area contributed by atoms with Gasteiger partial charge < -0.3 is 14.2 Å². The van der Waals surface area contributed by atoms with Crippen molar-refractivity contribution in [3.63, 3.8) is 0 Å². The number of hydrogen-bond donors (Lipinski definition) is 0. The normalized spacial score (nSPS) is 14.5. The van der Waals surface area contributed by atoms with E-state index < -0.39 is 5.97 Å². The molecule has 0 saturated carbocycles. The van der Waals surface area contributed by atoms with Gasteiger partial charge in [0.2, 0.25) is 5.90 Å². The lowest BCUT2D eigenvalue weighted by atomic mass is 10.2. The van der Waals surface area contributed by atoms with Crippen LogP contribution in [0.3, 0.4) is 0 Å². The molecular formula is C20H16N2O4. The lowest BCUT2D eigenvalue weighted by molar-refractivity contribution is -0.129. The van der Waals surface area contributed by atoms with Crippen molar-refractivity contribution in [2.45, 2.75) is 6.92 Å². The number of ether oxygens (including phenoxy) is 3. The second-order valence-electron chi connectivity index (χ2n) is 5.28. The highest BCUT2D eigenvalue weighted by Gasteiger charge is 2.26. The largest absolute Gasteiger partial charge is 0.493 e. The molecule has 6 heteroatoms. The molecule has 0 unspecified atom stereocenters. The summed E-state index contributed by atoms with van der Waals surface area (Å²) >= 11 is 0. The number of hydrogen-bond acceptors (Lipinski definition) is 6. The Kier molecular flexibility index (Phi) is 5.30. The van der Waals surface area contributed by atoms with Gasteiger partial charge >= 0.3 is 5.97 Å². The Balaban J connectivity index is 1.84. The molecule has 0 spiro atoms. The Labute approximate surface area is 151 Å². The molecular weight excluding hydrogens is 332 g/mol. The zero-order valence-electron chi connectivity index (χ0n) is 14.1. The van der Waals surface area contributed by atoms with Crippen LogP contribution in [0.25, 0.3) is 6.08 Å². The van der Waals surface area contributed by atoms with Crippen LogP contribution in [0.1, 0.15) is 18.1 Å². The van der Waals surface area contributed by atoms with Crippen LogP contribution >= 0.6 is 0 Å². The number of nitrogens with zero attached hydrogens (tertiary/aromatic N) is 2. The van der Waals surface area contributed by atoms with Gasteiger partial charge in [-0.15, -0.1) is 0 Å². The number of para-hydroxylation sites is 1. The molecule has 0 atom stereocenters. The molecule has 0 aromatic heterocycles. The molecule has 0 fully saturated rings. The maximum absolute atomic E-state index is 12.1. The summed E-state index contributed by atoms with van der Waals surface area (Å²) < 4.78 is 16.1. The van der Waals surface area contributed by atoms with Crippen molar-refractivity contribution in [1.29, 1.82) is 5.26 Å². The third-order valence-corrected chi connectivity index (χ3v) is 3.52. The molecule has 3 rings (SSSR count). The molecule has 26 heavy (non-hydrogen) atoms. The smallest absolute Gasteiger partial charge is 0.363 e. The summed E-state index contributed by atoms with van der Waals surface area (Å²) in [4.78, 5) is 16.4. The van der Waals surface area contributed by atoms with Gasteiger partial charge in [-0.3, -0.25) is 0 Å². The van der Waals surface area contributed by atoms with Gasteiger partial charge in [-0.1, -0.05) is 24.3 Å². The topological polar surface area (TPSA) is 80.9 Å². The zero-order valence-corrected chi connectivity index (χ0v) is 14.1. The monoisotopic (exact) mass is 348 g/mol. The Morgan fingerprint density at radius 3 is 2.65 bits per heavy atom. The number of cyclic esters (lactones) is 1. The van der Waals surface area contributed by atoms with Gasteiger partial charge in [-0.05, 0) is 42.8 Å². The van der Waals surface area contributed by atoms with Gasteiger partial charge in [-0.25, -0.2) is 9.79 Å². The standard InChI is InChI=1S/C20H16N2O4/c1-2-24-18-6-4-3-5-16(18)19-22-17(20(23)26-19)13-14-7-9-15(10-8-14)25-12-11-21/h3-10,13H,2,12H2,1H3/b17-13-. The van der Waals surface area contributed by atoms with Gasteiger partial charge in [0.1, 0.15) is 17.6 Å². The first-order valence-electron chi connectivity index (χ1n) is 8.06. The van der Waals surface area contributed by atoms with Crippen molar-refractivity contribution in [2.24, 2.45) is 4.99 Å². The second-order valence-corrected chi connectivity index (χ2v) is 5.28. The average molecular weight is 348 g/mol. The first-order valence-corrected chi connectivity index (χ1v) is 8.06. The van der Waals surface area contributed by atoms with Crippen molar-refractivity contribution in [2.75, 3.05) is 13.2 Å². The molecule has 2 aromatic carbocycles. The van der Waals surface area contributed by atoms with E-state index in [0.717, 1.165) is 5.56 Å². The predicted molar refractivity (Wildman–Crippen MR) is 95.8 cm³/mol. The van der Waals surface area contributed by atoms with E-state index in [1.54, 1.807) is 42.5 Å². The van der Waals surface area contributed by atoms with E-state index in [1.165, 1.54) is 0 Å². The van der Waals surface area contributed by atoms with Gasteiger partial charge in [0.15, 0.2) is 12.3 Å². The highest BCUT2D eigenvalue weighted by Crippen LogP contribution is 2.25. The fraction of sp³-hybridized carbons (Fsp3) is 0.150. The molecule has 0 N–H and O–H groups in total. The van der Waals surface area contributed by atoms with Crippen molar-refractivity contribution >= 4 is 17.9 Å². The number of carbonyl (C=O) groups excluding carboxylic acids is 1. The van der Waals surface area contributed by atoms with Crippen LogP contribution in [-0.4, -0.2) is 25.1 Å². The maximum Gasteiger partial charge on any atom is 0.363 e. The summed E-state index contributed by atoms with van der Waals surface area (Å²) in [5.41, 5.74) is 1.60. The van der Waals surface area contributed by atoms with Gasteiger partial charge in [-0.2, -0.15) is 5.26 Å². The number of aliphatic imine (C=N–C) groups is 1. The van der Waals surface area contributed by atoms with Crippen LogP contribution in [0.15, 0.2) is 59.2 Å². The SMILES string of the molecule is CCOc1ccccc1C1=N/C(=C\c2ccc(OCC#N)cc2)C(=O)O1. The van der Waals surface area contributed by atoms with Crippen molar-refractivity contribution < 1.29 is 19.0 Å². The Morgan fingerprint density at radius 2 is 1.92 bits per heavy atom. The summed E-state index contributed by atoms with van der Waals surface area (Å²) in [7, 11) is 0. The third kappa shape index (κ3) is 3.90. The minimum absolute atomic E-state index is 0.0142. The molecule has 6 nitrogen and oxygen atoms in total. The number of benzene rings is 2. The van der Waals surface area contributed by atoms with Gasteiger partial charge in [0, 0.05) is 0 Å². The molecule has 0 aliphatic carbocycles. The van der Waals surface area contributed by atoms with E-state index in [9.17, 15) is 4.79 Å². The summed E-state index contributed by atoms with van der Waals surface area (Å²) in [6.45, 7) is 2.37. The lowest BCUT2D eigenvalue weighted by Crippen LogP contribution is -2.07. The minimum atomic E-state index is -0.517. The lowest BCUT2D eigenvalue weighted by Gasteiger charge is -2.08. The molecule has 0 amide bonds. The number of carbonyl (C=O) groups is 1. The molecule has 0 saturated heterocycles. The second kappa shape index (κ2) is 7.99. The highest BCUT2D eigenvalue weighted by atomic mass is 16.6. The van der Waals surface area contributed by atoms with Crippen molar-refractivity contribution in [3.8, 4) is 17.6 Å². The van der Waals surface area contributed by atoms with Crippen LogP contribution in [0, 0.1) is 11.3 Å². The maximum atomic E-state index is 12.1. The van der Waals surface area contributed by atoms with E-state index in [-0.39, 0.29) is 18.2 Å². The van der Waals surface area contributed by atoms with Crippen LogP contribution in [-0.2, 0) is 9.53 Å². The Bertz CT molecular complexity index is 908. The number of nitriles is 1. The molecule has 1 aliphatic rings. The quantitative estimate of drug-likeness (QED) is 0.591. The molecule has 1 heterocycles. The fourth-order valence-electron chi connectivity index (χ4n) is 2.38. The van der Waals surface area contributed by atoms with Crippen molar-refractivity contribution in [1.82, 2.24) is 0 Å². The predicted octanol–water partition coefficient (Wildman–Crippen LogP) is 3.33. The van der Waals surface area contributed by atoms with Gasteiger partial charge in [0.25, 0.3) is 0 Å². The Hall–Kier alpha value is -3.59. The number of esters is 1. The third-order valence-electron chi connectivity index (χ3n) is 3.52. The Morgan fingerprint density at radius 1 is 1.15 bits per heavy atom. The zero-order chi connectivity index (χ0) is 18.4. The molecule has 1 aliphatic heterocycles. The van der Waals surface area contributed by atoms with E-state index in [4.69, 9.17) is 19.5 Å². The molecule has 130 valence electrons.